The summed E-state index contributed by atoms with van der Waals surface area (Å²) in [4.78, 5) is 10.5. The molecule has 0 radical (unpaired) electrons. The minimum atomic E-state index is -0.902. The topological polar surface area (TPSA) is 37.3 Å². The van der Waals surface area contributed by atoms with Gasteiger partial charge in [0, 0.05) is 0 Å². The van der Waals surface area contributed by atoms with E-state index in [-0.39, 0.29) is 18.2 Å². The third-order valence-corrected chi connectivity index (χ3v) is 2.44. The fourth-order valence-corrected chi connectivity index (χ4v) is 1.71. The molecular formula is C12H15FO2. The van der Waals surface area contributed by atoms with Gasteiger partial charge in [0.25, 0.3) is 0 Å². The van der Waals surface area contributed by atoms with E-state index in [0.29, 0.717) is 11.1 Å². The number of halogens is 1. The Kier molecular flexibility index (Phi) is 3.45. The Bertz CT molecular complexity index is 385. The number of aryl methyl sites for hydroxylation is 2. The molecule has 0 bridgehead atoms. The standard InChI is InChI=1S/C12H15FO2/c1-7-4-9(3)12(13)10(5-7)8(2)6-11(14)15/h4-5,8H,6H2,1-3H3,(H,14,15). The lowest BCUT2D eigenvalue weighted by Gasteiger charge is -2.13. The number of carboxylic acids is 1. The molecule has 1 N–H and O–H groups in total. The van der Waals surface area contributed by atoms with Gasteiger partial charge in [0.1, 0.15) is 5.82 Å². The molecule has 15 heavy (non-hydrogen) atoms. The minimum absolute atomic E-state index is 0.0419. The molecule has 1 atom stereocenters. The van der Waals surface area contributed by atoms with Crippen LogP contribution in [0.3, 0.4) is 0 Å². The van der Waals surface area contributed by atoms with Crippen molar-refractivity contribution in [1.82, 2.24) is 0 Å². The molecule has 0 saturated carbocycles. The van der Waals surface area contributed by atoms with Crippen molar-refractivity contribution in [2.75, 3.05) is 0 Å². The molecular weight excluding hydrogens is 195 g/mol. The average Bonchev–Trinajstić information content (AvgIpc) is 2.09. The molecule has 82 valence electrons. The van der Waals surface area contributed by atoms with Gasteiger partial charge in [-0.15, -0.1) is 0 Å². The molecule has 0 spiro atoms. The first-order chi connectivity index (χ1) is 6.91. The van der Waals surface area contributed by atoms with E-state index in [1.54, 1.807) is 26.0 Å². The highest BCUT2D eigenvalue weighted by molar-refractivity contribution is 5.68. The predicted octanol–water partition coefficient (Wildman–Crippen LogP) is 3.02. The van der Waals surface area contributed by atoms with Crippen LogP contribution in [0, 0.1) is 19.7 Å². The maximum absolute atomic E-state index is 13.7. The summed E-state index contributed by atoms with van der Waals surface area (Å²) in [6, 6.07) is 3.47. The van der Waals surface area contributed by atoms with E-state index in [2.05, 4.69) is 0 Å². The zero-order valence-electron chi connectivity index (χ0n) is 9.17. The van der Waals surface area contributed by atoms with Crippen LogP contribution in [-0.4, -0.2) is 11.1 Å². The summed E-state index contributed by atoms with van der Waals surface area (Å²) in [5.74, 6) is -1.48. The summed E-state index contributed by atoms with van der Waals surface area (Å²) >= 11 is 0. The summed E-state index contributed by atoms with van der Waals surface area (Å²) in [5, 5.41) is 8.65. The zero-order valence-corrected chi connectivity index (χ0v) is 9.17. The Morgan fingerprint density at radius 1 is 1.47 bits per heavy atom. The van der Waals surface area contributed by atoms with Gasteiger partial charge in [0.15, 0.2) is 0 Å². The second-order valence-corrected chi connectivity index (χ2v) is 3.98. The predicted molar refractivity (Wildman–Crippen MR) is 56.5 cm³/mol. The molecule has 0 aliphatic carbocycles. The molecule has 2 nitrogen and oxygen atoms in total. The van der Waals surface area contributed by atoms with Gasteiger partial charge in [-0.3, -0.25) is 4.79 Å². The van der Waals surface area contributed by atoms with Crippen LogP contribution in [0.25, 0.3) is 0 Å². The summed E-state index contributed by atoms with van der Waals surface area (Å²) in [6.07, 6.45) is -0.0419. The number of rotatable bonds is 3. The van der Waals surface area contributed by atoms with Crippen LogP contribution in [0.5, 0.6) is 0 Å². The van der Waals surface area contributed by atoms with Crippen LogP contribution < -0.4 is 0 Å². The Morgan fingerprint density at radius 3 is 2.60 bits per heavy atom. The highest BCUT2D eigenvalue weighted by atomic mass is 19.1. The van der Waals surface area contributed by atoms with Crippen molar-refractivity contribution in [3.63, 3.8) is 0 Å². The van der Waals surface area contributed by atoms with Gasteiger partial charge in [-0.25, -0.2) is 4.39 Å². The summed E-state index contributed by atoms with van der Waals surface area (Å²) in [6.45, 7) is 5.30. The Hall–Kier alpha value is -1.38. The van der Waals surface area contributed by atoms with Gasteiger partial charge in [0.05, 0.1) is 6.42 Å². The minimum Gasteiger partial charge on any atom is -0.481 e. The summed E-state index contributed by atoms with van der Waals surface area (Å²) < 4.78 is 13.7. The Labute approximate surface area is 88.7 Å². The van der Waals surface area contributed by atoms with Crippen molar-refractivity contribution in [1.29, 1.82) is 0 Å². The lowest BCUT2D eigenvalue weighted by Crippen LogP contribution is -2.06. The molecule has 0 saturated heterocycles. The Morgan fingerprint density at radius 2 is 2.07 bits per heavy atom. The van der Waals surface area contributed by atoms with E-state index in [4.69, 9.17) is 5.11 Å². The fourth-order valence-electron chi connectivity index (χ4n) is 1.71. The SMILES string of the molecule is Cc1cc(C)c(F)c(C(C)CC(=O)O)c1. The third-order valence-electron chi connectivity index (χ3n) is 2.44. The monoisotopic (exact) mass is 210 g/mol. The molecule has 0 aliphatic heterocycles. The smallest absolute Gasteiger partial charge is 0.303 e. The van der Waals surface area contributed by atoms with Crippen LogP contribution >= 0.6 is 0 Å². The maximum atomic E-state index is 13.7. The van der Waals surface area contributed by atoms with Crippen molar-refractivity contribution in [3.8, 4) is 0 Å². The third kappa shape index (κ3) is 2.78. The normalized spacial score (nSPS) is 12.5. The van der Waals surface area contributed by atoms with Crippen LogP contribution in [0.2, 0.25) is 0 Å². The van der Waals surface area contributed by atoms with Crippen LogP contribution in [0.1, 0.15) is 36.0 Å². The van der Waals surface area contributed by atoms with Crippen molar-refractivity contribution < 1.29 is 14.3 Å². The first kappa shape index (κ1) is 11.7. The second kappa shape index (κ2) is 4.43. The molecule has 0 amide bonds. The summed E-state index contributed by atoms with van der Waals surface area (Å²) in [5.41, 5.74) is 2.03. The first-order valence-corrected chi connectivity index (χ1v) is 4.90. The maximum Gasteiger partial charge on any atom is 0.303 e. The van der Waals surface area contributed by atoms with E-state index >= 15 is 0 Å². The lowest BCUT2D eigenvalue weighted by molar-refractivity contribution is -0.137. The zero-order chi connectivity index (χ0) is 11.6. The number of aliphatic carboxylic acids is 1. The number of hydrogen-bond acceptors (Lipinski definition) is 1. The fraction of sp³-hybridized carbons (Fsp3) is 0.417. The van der Waals surface area contributed by atoms with Crippen LogP contribution in [0.4, 0.5) is 4.39 Å². The second-order valence-electron chi connectivity index (χ2n) is 3.98. The van der Waals surface area contributed by atoms with E-state index in [0.717, 1.165) is 5.56 Å². The van der Waals surface area contributed by atoms with Gasteiger partial charge in [-0.05, 0) is 30.9 Å². The molecule has 1 unspecified atom stereocenters. The van der Waals surface area contributed by atoms with Crippen LogP contribution in [-0.2, 0) is 4.79 Å². The highest BCUT2D eigenvalue weighted by Gasteiger charge is 2.16. The van der Waals surface area contributed by atoms with Crippen LogP contribution in [0.15, 0.2) is 12.1 Å². The molecule has 0 heterocycles. The molecule has 1 aromatic rings. The Balaban J connectivity index is 3.07. The number of carbonyl (C=O) groups is 1. The quantitative estimate of drug-likeness (QED) is 0.832. The van der Waals surface area contributed by atoms with Gasteiger partial charge >= 0.3 is 5.97 Å². The molecule has 3 heteroatoms. The van der Waals surface area contributed by atoms with Gasteiger partial charge in [-0.2, -0.15) is 0 Å². The van der Waals surface area contributed by atoms with Gasteiger partial charge in [0.2, 0.25) is 0 Å². The number of benzene rings is 1. The van der Waals surface area contributed by atoms with Crippen molar-refractivity contribution >= 4 is 5.97 Å². The van der Waals surface area contributed by atoms with Crippen molar-refractivity contribution in [2.45, 2.75) is 33.1 Å². The van der Waals surface area contributed by atoms with Gasteiger partial charge < -0.3 is 5.11 Å². The van der Waals surface area contributed by atoms with Crippen molar-refractivity contribution in [3.05, 3.63) is 34.6 Å². The largest absolute Gasteiger partial charge is 0.481 e. The lowest BCUT2D eigenvalue weighted by atomic mass is 9.94. The number of hydrogen-bond donors (Lipinski definition) is 1. The molecule has 1 rings (SSSR count). The first-order valence-electron chi connectivity index (χ1n) is 4.90. The molecule has 0 aliphatic rings. The average molecular weight is 210 g/mol. The molecule has 0 aromatic heterocycles. The molecule has 0 fully saturated rings. The van der Waals surface area contributed by atoms with E-state index in [1.165, 1.54) is 0 Å². The van der Waals surface area contributed by atoms with E-state index < -0.39 is 5.97 Å². The number of carboxylic acid groups (broad SMARTS) is 1. The van der Waals surface area contributed by atoms with Crippen molar-refractivity contribution in [2.24, 2.45) is 0 Å². The summed E-state index contributed by atoms with van der Waals surface area (Å²) in [7, 11) is 0. The highest BCUT2D eigenvalue weighted by Crippen LogP contribution is 2.25. The van der Waals surface area contributed by atoms with E-state index in [1.807, 2.05) is 6.92 Å². The molecule has 1 aromatic carbocycles. The van der Waals surface area contributed by atoms with Gasteiger partial charge in [-0.1, -0.05) is 24.6 Å². The van der Waals surface area contributed by atoms with E-state index in [9.17, 15) is 9.18 Å².